The Morgan fingerprint density at radius 2 is 1.96 bits per heavy atom. The first kappa shape index (κ1) is 18.8. The summed E-state index contributed by atoms with van der Waals surface area (Å²) in [5, 5.41) is 6.78. The van der Waals surface area contributed by atoms with E-state index in [4.69, 9.17) is 35.4 Å². The van der Waals surface area contributed by atoms with E-state index in [1.807, 2.05) is 22.6 Å². The first-order valence-electron chi connectivity index (χ1n) is 6.80. The van der Waals surface area contributed by atoms with Crippen LogP contribution in [0.1, 0.15) is 9.67 Å². The van der Waals surface area contributed by atoms with E-state index in [-0.39, 0.29) is 10.8 Å². The molecule has 3 nitrogen and oxygen atoms in total. The molecule has 1 aromatic heterocycles. The van der Waals surface area contributed by atoms with E-state index in [2.05, 4.69) is 10.6 Å². The highest BCUT2D eigenvalue weighted by Crippen LogP contribution is 2.36. The summed E-state index contributed by atoms with van der Waals surface area (Å²) in [6.45, 7) is 0. The summed E-state index contributed by atoms with van der Waals surface area (Å²) in [6, 6.07) is 9.83. The highest BCUT2D eigenvalue weighted by molar-refractivity contribution is 14.1. The van der Waals surface area contributed by atoms with Gasteiger partial charge in [0.15, 0.2) is 5.11 Å². The minimum Gasteiger partial charge on any atom is -0.330 e. The highest BCUT2D eigenvalue weighted by Gasteiger charge is 2.18. The number of fused-ring (bicyclic) bond motifs is 1. The van der Waals surface area contributed by atoms with E-state index in [1.165, 1.54) is 17.4 Å². The third kappa shape index (κ3) is 4.22. The Morgan fingerprint density at radius 3 is 2.68 bits per heavy atom. The molecule has 1 amide bonds. The van der Waals surface area contributed by atoms with Gasteiger partial charge in [-0.1, -0.05) is 29.3 Å². The van der Waals surface area contributed by atoms with Gasteiger partial charge in [-0.05, 0) is 65.1 Å². The largest absolute Gasteiger partial charge is 0.330 e. The van der Waals surface area contributed by atoms with Crippen molar-refractivity contribution < 1.29 is 9.18 Å². The lowest BCUT2D eigenvalue weighted by Gasteiger charge is -2.10. The van der Waals surface area contributed by atoms with Gasteiger partial charge in [-0.15, -0.1) is 11.3 Å². The molecule has 0 bridgehead atoms. The molecule has 0 atom stereocenters. The fourth-order valence-electron chi connectivity index (χ4n) is 2.09. The zero-order chi connectivity index (χ0) is 18.1. The molecule has 9 heteroatoms. The van der Waals surface area contributed by atoms with E-state index in [0.29, 0.717) is 14.9 Å². The number of amides is 1. The van der Waals surface area contributed by atoms with Crippen molar-refractivity contribution in [1.29, 1.82) is 0 Å². The zero-order valence-electron chi connectivity index (χ0n) is 12.2. The number of hydrogen-bond acceptors (Lipinski definition) is 3. The molecule has 0 saturated carbocycles. The van der Waals surface area contributed by atoms with Gasteiger partial charge in [0.05, 0.1) is 10.7 Å². The third-order valence-corrected chi connectivity index (χ3v) is 5.97. The van der Waals surface area contributed by atoms with E-state index in [1.54, 1.807) is 30.3 Å². The molecule has 0 saturated heterocycles. The van der Waals surface area contributed by atoms with Crippen molar-refractivity contribution in [2.24, 2.45) is 0 Å². The van der Waals surface area contributed by atoms with Crippen molar-refractivity contribution in [3.8, 4) is 0 Å². The summed E-state index contributed by atoms with van der Waals surface area (Å²) < 4.78 is 15.4. The molecular formula is C16H8Cl2FIN2OS2. The number of thiophene rings is 1. The van der Waals surface area contributed by atoms with Crippen molar-refractivity contribution in [2.45, 2.75) is 0 Å². The normalized spacial score (nSPS) is 10.7. The molecule has 0 aliphatic carbocycles. The lowest BCUT2D eigenvalue weighted by Crippen LogP contribution is -2.34. The van der Waals surface area contributed by atoms with Crippen molar-refractivity contribution >= 4 is 96.1 Å². The highest BCUT2D eigenvalue weighted by atomic mass is 127. The number of benzene rings is 2. The number of carbonyl (C=O) groups excluding carboxylic acids is 1. The molecule has 0 aliphatic heterocycles. The number of hydrogen-bond donors (Lipinski definition) is 2. The van der Waals surface area contributed by atoms with Crippen LogP contribution in [0.2, 0.25) is 10.0 Å². The van der Waals surface area contributed by atoms with Gasteiger partial charge in [-0.25, -0.2) is 4.39 Å². The molecule has 25 heavy (non-hydrogen) atoms. The minimum absolute atomic E-state index is 0.0170. The summed E-state index contributed by atoms with van der Waals surface area (Å²) in [5.41, 5.74) is 0.180. The van der Waals surface area contributed by atoms with Gasteiger partial charge >= 0.3 is 0 Å². The van der Waals surface area contributed by atoms with Crippen LogP contribution in [0.25, 0.3) is 10.1 Å². The summed E-state index contributed by atoms with van der Waals surface area (Å²) in [5.74, 6) is -0.927. The molecule has 2 N–H and O–H groups in total. The van der Waals surface area contributed by atoms with E-state index >= 15 is 0 Å². The molecule has 0 fully saturated rings. The Labute approximate surface area is 175 Å². The van der Waals surface area contributed by atoms with Crippen LogP contribution in [0.3, 0.4) is 0 Å². The van der Waals surface area contributed by atoms with Crippen LogP contribution in [-0.2, 0) is 0 Å². The average Bonchev–Trinajstić information content (AvgIpc) is 2.86. The fourth-order valence-corrected chi connectivity index (χ4v) is 4.43. The zero-order valence-corrected chi connectivity index (χ0v) is 17.5. The monoisotopic (exact) mass is 524 g/mol. The molecule has 2 aromatic carbocycles. The molecule has 0 spiro atoms. The van der Waals surface area contributed by atoms with Crippen molar-refractivity contribution in [3.63, 3.8) is 0 Å². The standard InChI is InChI=1S/C16H8Cl2FIN2OS2/c17-7-1-3-9-12(5-7)25-14(13(9)18)15(23)22-16(24)21-11-4-2-8(20)6-10(11)19/h1-6H,(H2,21,22,23,24). The summed E-state index contributed by atoms with van der Waals surface area (Å²) in [6.07, 6.45) is 0. The molecule has 3 aromatic rings. The number of thiocarbonyl (C=S) groups is 1. The minimum atomic E-state index is -0.467. The second-order valence-corrected chi connectivity index (χ2v) is 8.44. The average molecular weight is 525 g/mol. The van der Waals surface area contributed by atoms with E-state index in [9.17, 15) is 9.18 Å². The molecule has 0 unspecified atom stereocenters. The van der Waals surface area contributed by atoms with Crippen molar-refractivity contribution in [1.82, 2.24) is 5.32 Å². The van der Waals surface area contributed by atoms with Crippen LogP contribution < -0.4 is 10.6 Å². The second kappa shape index (κ2) is 7.71. The molecule has 128 valence electrons. The maximum atomic E-state index is 13.8. The second-order valence-electron chi connectivity index (χ2n) is 4.92. The van der Waals surface area contributed by atoms with Gasteiger partial charge in [-0.3, -0.25) is 10.1 Å². The predicted octanol–water partition coefficient (Wildman–Crippen LogP) is 6.08. The summed E-state index contributed by atoms with van der Waals surface area (Å²) in [4.78, 5) is 12.7. The smallest absolute Gasteiger partial charge is 0.269 e. The fraction of sp³-hybridized carbons (Fsp3) is 0. The maximum absolute atomic E-state index is 13.8. The van der Waals surface area contributed by atoms with Gasteiger partial charge in [0.25, 0.3) is 5.91 Å². The van der Waals surface area contributed by atoms with Gasteiger partial charge in [0.2, 0.25) is 0 Å². The molecule has 0 aliphatic rings. The molecule has 0 radical (unpaired) electrons. The van der Waals surface area contributed by atoms with Crippen LogP contribution >= 0.6 is 69.3 Å². The number of nitrogens with one attached hydrogen (secondary N) is 2. The SMILES string of the molecule is O=C(NC(=S)Nc1ccc(I)cc1F)c1sc2cc(Cl)ccc2c1Cl. The predicted molar refractivity (Wildman–Crippen MR) is 115 cm³/mol. The lowest BCUT2D eigenvalue weighted by molar-refractivity contribution is 0.0982. The van der Waals surface area contributed by atoms with E-state index < -0.39 is 11.7 Å². The number of anilines is 1. The number of rotatable bonds is 2. The Kier molecular flexibility index (Phi) is 5.79. The maximum Gasteiger partial charge on any atom is 0.269 e. The van der Waals surface area contributed by atoms with Gasteiger partial charge in [-0.2, -0.15) is 0 Å². The van der Waals surface area contributed by atoms with Crippen molar-refractivity contribution in [3.05, 3.63) is 60.7 Å². The van der Waals surface area contributed by atoms with Crippen LogP contribution in [-0.4, -0.2) is 11.0 Å². The topological polar surface area (TPSA) is 41.1 Å². The van der Waals surface area contributed by atoms with Gasteiger partial charge in [0, 0.05) is 18.7 Å². The molecule has 1 heterocycles. The Morgan fingerprint density at radius 1 is 1.20 bits per heavy atom. The van der Waals surface area contributed by atoms with Crippen LogP contribution in [0.4, 0.5) is 10.1 Å². The lowest BCUT2D eigenvalue weighted by atomic mass is 10.2. The Bertz CT molecular complexity index is 1010. The quantitative estimate of drug-likeness (QED) is 0.315. The van der Waals surface area contributed by atoms with Crippen LogP contribution in [0.5, 0.6) is 0 Å². The van der Waals surface area contributed by atoms with E-state index in [0.717, 1.165) is 13.7 Å². The number of halogens is 4. The van der Waals surface area contributed by atoms with Crippen molar-refractivity contribution in [2.75, 3.05) is 5.32 Å². The molecule has 3 rings (SSSR count). The Balaban J connectivity index is 1.77. The number of carbonyl (C=O) groups is 1. The first-order valence-corrected chi connectivity index (χ1v) is 9.86. The first-order chi connectivity index (χ1) is 11.8. The Hall–Kier alpha value is -1.00. The summed E-state index contributed by atoms with van der Waals surface area (Å²) in [7, 11) is 0. The third-order valence-electron chi connectivity index (χ3n) is 3.20. The van der Waals surface area contributed by atoms with Crippen LogP contribution in [0.15, 0.2) is 36.4 Å². The van der Waals surface area contributed by atoms with Gasteiger partial charge in [0.1, 0.15) is 10.7 Å². The van der Waals surface area contributed by atoms with Crippen LogP contribution in [0, 0.1) is 9.39 Å². The summed E-state index contributed by atoms with van der Waals surface area (Å²) >= 11 is 20.5. The van der Waals surface area contributed by atoms with Gasteiger partial charge < -0.3 is 5.32 Å². The molecular weight excluding hydrogens is 517 g/mol.